The van der Waals surface area contributed by atoms with Crippen molar-refractivity contribution in [1.29, 1.82) is 0 Å². The van der Waals surface area contributed by atoms with Gasteiger partial charge in [-0.05, 0) is 49.9 Å². The van der Waals surface area contributed by atoms with Crippen LogP contribution in [0, 0.1) is 12.8 Å². The molecular formula is C31H45FN4O. The number of benzene rings is 2. The Hall–Kier alpha value is -3.67. The summed E-state index contributed by atoms with van der Waals surface area (Å²) >= 11 is 0. The topological polar surface area (TPSA) is 56.7 Å². The zero-order chi connectivity index (χ0) is 28.5. The van der Waals surface area contributed by atoms with E-state index >= 15 is 0 Å². The number of para-hydroxylation sites is 1. The summed E-state index contributed by atoms with van der Waals surface area (Å²) in [6.07, 6.45) is 1.48. The average molecular weight is 509 g/mol. The van der Waals surface area contributed by atoms with E-state index in [0.717, 1.165) is 17.8 Å². The van der Waals surface area contributed by atoms with E-state index in [9.17, 15) is 9.28 Å². The number of halogens is 1. The van der Waals surface area contributed by atoms with Crippen molar-refractivity contribution >= 4 is 28.7 Å². The number of amidine groups is 1. The summed E-state index contributed by atoms with van der Waals surface area (Å²) in [4.78, 5) is 15.3. The molecule has 2 aromatic rings. The molecule has 0 saturated heterocycles. The monoisotopic (exact) mass is 508 g/mol. The Balaban J connectivity index is 0.000000702. The van der Waals surface area contributed by atoms with Crippen molar-refractivity contribution in [1.82, 2.24) is 5.12 Å². The lowest BCUT2D eigenvalue weighted by Crippen LogP contribution is -2.19. The minimum Gasteiger partial charge on any atom is -0.359 e. The molecule has 1 atom stereocenters. The first-order valence-electron chi connectivity index (χ1n) is 12.7. The average Bonchev–Trinajstić information content (AvgIpc) is 2.92. The van der Waals surface area contributed by atoms with Gasteiger partial charge in [0.05, 0.1) is 5.70 Å². The number of allylic oxidation sites excluding steroid dienone is 2. The molecule has 2 aromatic carbocycles. The van der Waals surface area contributed by atoms with Crippen LogP contribution in [0.5, 0.6) is 0 Å². The fourth-order valence-corrected chi connectivity index (χ4v) is 2.93. The van der Waals surface area contributed by atoms with Crippen molar-refractivity contribution in [3.8, 4) is 0 Å². The predicted molar refractivity (Wildman–Crippen MR) is 160 cm³/mol. The molecule has 6 heteroatoms. The highest BCUT2D eigenvalue weighted by Crippen LogP contribution is 2.29. The number of rotatable bonds is 9. The first-order valence-corrected chi connectivity index (χ1v) is 12.7. The number of anilines is 2. The quantitative estimate of drug-likeness (QED) is 0.154. The summed E-state index contributed by atoms with van der Waals surface area (Å²) in [6, 6.07) is 15.4. The summed E-state index contributed by atoms with van der Waals surface area (Å²) < 4.78 is 14.0. The molecule has 0 bridgehead atoms. The van der Waals surface area contributed by atoms with Crippen molar-refractivity contribution in [3.05, 3.63) is 90.8 Å². The van der Waals surface area contributed by atoms with Crippen molar-refractivity contribution < 1.29 is 9.28 Å². The molecule has 0 fully saturated rings. The molecule has 0 aliphatic rings. The van der Waals surface area contributed by atoms with E-state index in [4.69, 9.17) is 0 Å². The van der Waals surface area contributed by atoms with Crippen molar-refractivity contribution in [3.63, 3.8) is 0 Å². The normalized spacial score (nSPS) is 11.0. The second-order valence-electron chi connectivity index (χ2n) is 8.25. The Bertz CT molecular complexity index is 1070. The van der Waals surface area contributed by atoms with Gasteiger partial charge in [-0.3, -0.25) is 9.79 Å². The van der Waals surface area contributed by atoms with Gasteiger partial charge in [-0.1, -0.05) is 89.2 Å². The smallest absolute Gasteiger partial charge is 0.224 e. The van der Waals surface area contributed by atoms with Crippen LogP contribution < -0.4 is 10.6 Å². The second kappa shape index (κ2) is 17.7. The van der Waals surface area contributed by atoms with Crippen LogP contribution in [0.4, 0.5) is 15.9 Å². The lowest BCUT2D eigenvalue weighted by Gasteiger charge is -2.19. The third-order valence-electron chi connectivity index (χ3n) is 5.57. The fraction of sp³-hybridized carbons (Fsp3) is 0.355. The first-order chi connectivity index (χ1) is 17.5. The molecule has 2 N–H and O–H groups in total. The number of carbonyl (C=O) groups excluding carboxylic acids is 1. The zero-order valence-corrected chi connectivity index (χ0v) is 23.9. The Morgan fingerprint density at radius 3 is 2.22 bits per heavy atom. The molecule has 37 heavy (non-hydrogen) atoms. The second-order valence-corrected chi connectivity index (χ2v) is 8.25. The van der Waals surface area contributed by atoms with E-state index < -0.39 is 0 Å². The molecule has 1 unspecified atom stereocenters. The van der Waals surface area contributed by atoms with Crippen LogP contribution in [0.25, 0.3) is 5.57 Å². The SMILES string of the molecule is C=C(C(=C)N(F)C(C)=NC)c1ccccc1NC(=O)CC.C=C(Nc1cccc(C)c1)C(C)CC.CC. The molecule has 1 amide bonds. The van der Waals surface area contributed by atoms with Gasteiger partial charge >= 0.3 is 0 Å². The number of amides is 1. The summed E-state index contributed by atoms with van der Waals surface area (Å²) in [6.45, 7) is 25.4. The molecule has 0 saturated carbocycles. The van der Waals surface area contributed by atoms with Crippen molar-refractivity contribution in [2.45, 2.75) is 61.3 Å². The Kier molecular flexibility index (Phi) is 16.0. The van der Waals surface area contributed by atoms with Crippen LogP contribution >= 0.6 is 0 Å². The molecule has 0 radical (unpaired) electrons. The van der Waals surface area contributed by atoms with Gasteiger partial charge < -0.3 is 10.6 Å². The van der Waals surface area contributed by atoms with Gasteiger partial charge in [0.15, 0.2) is 0 Å². The highest BCUT2D eigenvalue weighted by atomic mass is 19.2. The van der Waals surface area contributed by atoms with E-state index in [1.165, 1.54) is 19.5 Å². The van der Waals surface area contributed by atoms with E-state index in [1.54, 1.807) is 31.2 Å². The largest absolute Gasteiger partial charge is 0.359 e. The standard InChI is InChI=1S/C16H20FN3O.C13H19N.C2H6/c1-6-16(21)19-15-10-8-7-9-14(15)11(2)12(3)20(17)13(4)18-5;1-5-11(3)12(4)14-13-8-6-7-10(2)9-13;1-2/h7-10H,2-3,6H2,1,4-5H3,(H,19,21);6-9,11,14H,4-5H2,1-3H3;1-2H3. The maximum absolute atomic E-state index is 14.0. The van der Waals surface area contributed by atoms with Crippen molar-refractivity contribution in [2.24, 2.45) is 10.9 Å². The minimum absolute atomic E-state index is 0.0799. The highest BCUT2D eigenvalue weighted by Gasteiger charge is 2.17. The summed E-state index contributed by atoms with van der Waals surface area (Å²) in [7, 11) is 1.49. The van der Waals surface area contributed by atoms with Crippen LogP contribution in [0.2, 0.25) is 0 Å². The van der Waals surface area contributed by atoms with E-state index in [0.29, 0.717) is 34.3 Å². The van der Waals surface area contributed by atoms with Crippen LogP contribution in [-0.2, 0) is 4.79 Å². The van der Waals surface area contributed by atoms with Gasteiger partial charge in [-0.25, -0.2) is 0 Å². The van der Waals surface area contributed by atoms with Gasteiger partial charge in [-0.2, -0.15) is 5.12 Å². The number of hydrogen-bond donors (Lipinski definition) is 2. The van der Waals surface area contributed by atoms with Gasteiger partial charge in [0.1, 0.15) is 5.84 Å². The van der Waals surface area contributed by atoms with Gasteiger partial charge in [0, 0.05) is 41.7 Å². The predicted octanol–water partition coefficient (Wildman–Crippen LogP) is 8.79. The van der Waals surface area contributed by atoms with Gasteiger partial charge in [-0.15, -0.1) is 0 Å². The fourth-order valence-electron chi connectivity index (χ4n) is 2.93. The van der Waals surface area contributed by atoms with Crippen LogP contribution in [0.1, 0.15) is 65.5 Å². The first kappa shape index (κ1) is 33.3. The Labute approximate surface area is 223 Å². The Morgan fingerprint density at radius 1 is 1.05 bits per heavy atom. The van der Waals surface area contributed by atoms with E-state index in [-0.39, 0.29) is 17.4 Å². The number of aliphatic imine (C=N–C) groups is 1. The summed E-state index contributed by atoms with van der Waals surface area (Å²) in [5.74, 6) is 0.580. The molecule has 5 nitrogen and oxygen atoms in total. The number of carbonyl (C=O) groups is 1. The van der Waals surface area contributed by atoms with Crippen LogP contribution in [0.3, 0.4) is 0 Å². The lowest BCUT2D eigenvalue weighted by molar-refractivity contribution is -0.115. The molecule has 0 aliphatic heterocycles. The van der Waals surface area contributed by atoms with Crippen LogP contribution in [0.15, 0.2) is 84.7 Å². The molecular weight excluding hydrogens is 463 g/mol. The number of nitrogens with one attached hydrogen (secondary N) is 2. The van der Waals surface area contributed by atoms with E-state index in [2.05, 4.69) is 80.4 Å². The summed E-state index contributed by atoms with van der Waals surface area (Å²) in [5.41, 5.74) is 5.16. The number of aryl methyl sites for hydroxylation is 1. The van der Waals surface area contributed by atoms with E-state index in [1.807, 2.05) is 13.8 Å². The zero-order valence-electron chi connectivity index (χ0n) is 23.9. The van der Waals surface area contributed by atoms with Crippen molar-refractivity contribution in [2.75, 3.05) is 17.7 Å². The maximum atomic E-state index is 14.0. The van der Waals surface area contributed by atoms with Crippen LogP contribution in [-0.4, -0.2) is 23.9 Å². The lowest BCUT2D eigenvalue weighted by atomic mass is 10.0. The molecule has 0 aliphatic carbocycles. The number of hydrogen-bond acceptors (Lipinski definition) is 3. The van der Waals surface area contributed by atoms with Gasteiger partial charge in [0.25, 0.3) is 0 Å². The molecule has 0 aromatic heterocycles. The Morgan fingerprint density at radius 2 is 1.68 bits per heavy atom. The maximum Gasteiger partial charge on any atom is 0.224 e. The molecule has 202 valence electrons. The molecule has 0 spiro atoms. The molecule has 2 rings (SSSR count). The summed E-state index contributed by atoms with van der Waals surface area (Å²) in [5, 5.41) is 6.48. The highest BCUT2D eigenvalue weighted by molar-refractivity contribution is 5.96. The van der Waals surface area contributed by atoms with Gasteiger partial charge in [0.2, 0.25) is 5.91 Å². The number of nitrogens with zero attached hydrogens (tertiary/aromatic N) is 2. The minimum atomic E-state index is -0.121. The third-order valence-corrected chi connectivity index (χ3v) is 5.57. The molecule has 0 heterocycles. The third kappa shape index (κ3) is 11.3.